The van der Waals surface area contributed by atoms with E-state index in [-0.39, 0.29) is 10.5 Å². The average Bonchev–Trinajstić information content (AvgIpc) is 2.45. The molecule has 2 aliphatic rings. The molecule has 2 aliphatic heterocycles. The standard InChI is InChI=1S/C9H10BrNO2S2/c10-9-11-6-4-5-2-1-3-7(8(6)14-9)15(5,12)13/h5,7H,1-4H2. The van der Waals surface area contributed by atoms with Gasteiger partial charge in [-0.2, -0.15) is 0 Å². The van der Waals surface area contributed by atoms with Gasteiger partial charge in [0.05, 0.1) is 16.2 Å². The van der Waals surface area contributed by atoms with Gasteiger partial charge in [0.15, 0.2) is 13.8 Å². The molecule has 2 unspecified atom stereocenters. The van der Waals surface area contributed by atoms with Crippen LogP contribution in [0.15, 0.2) is 3.92 Å². The molecule has 1 aromatic rings. The molecule has 15 heavy (non-hydrogen) atoms. The van der Waals surface area contributed by atoms with Gasteiger partial charge in [-0.15, -0.1) is 11.3 Å². The zero-order chi connectivity index (χ0) is 10.6. The molecule has 2 bridgehead atoms. The second-order valence-corrected chi connectivity index (χ2v) is 8.83. The van der Waals surface area contributed by atoms with Gasteiger partial charge in [-0.25, -0.2) is 13.4 Å². The van der Waals surface area contributed by atoms with E-state index in [9.17, 15) is 8.42 Å². The Morgan fingerprint density at radius 1 is 1.40 bits per heavy atom. The number of sulfone groups is 1. The Balaban J connectivity index is 2.21. The van der Waals surface area contributed by atoms with Gasteiger partial charge in [0, 0.05) is 11.3 Å². The zero-order valence-electron chi connectivity index (χ0n) is 7.94. The summed E-state index contributed by atoms with van der Waals surface area (Å²) in [6.07, 6.45) is 3.24. The molecule has 3 heterocycles. The summed E-state index contributed by atoms with van der Waals surface area (Å²) in [7, 11) is -2.92. The van der Waals surface area contributed by atoms with E-state index in [1.165, 1.54) is 11.3 Å². The summed E-state index contributed by atoms with van der Waals surface area (Å²) < 4.78 is 25.1. The minimum absolute atomic E-state index is 0.169. The van der Waals surface area contributed by atoms with Crippen LogP contribution in [0.1, 0.15) is 35.1 Å². The normalized spacial score (nSPS) is 32.3. The highest BCUT2D eigenvalue weighted by Gasteiger charge is 2.45. The molecule has 1 saturated heterocycles. The van der Waals surface area contributed by atoms with Crippen molar-refractivity contribution < 1.29 is 8.42 Å². The second kappa shape index (κ2) is 3.28. The molecular formula is C9H10BrNO2S2. The Hall–Kier alpha value is 0.0600. The van der Waals surface area contributed by atoms with Crippen molar-refractivity contribution in [3.63, 3.8) is 0 Å². The van der Waals surface area contributed by atoms with Gasteiger partial charge in [0.2, 0.25) is 0 Å². The lowest BCUT2D eigenvalue weighted by Gasteiger charge is -2.33. The van der Waals surface area contributed by atoms with Gasteiger partial charge >= 0.3 is 0 Å². The molecule has 0 amide bonds. The van der Waals surface area contributed by atoms with Crippen molar-refractivity contribution in [1.29, 1.82) is 0 Å². The predicted octanol–water partition coefficient (Wildman–Crippen LogP) is 2.47. The van der Waals surface area contributed by atoms with Crippen LogP contribution in [-0.4, -0.2) is 18.7 Å². The largest absolute Gasteiger partial charge is 0.234 e. The highest BCUT2D eigenvalue weighted by atomic mass is 79.9. The average molecular weight is 308 g/mol. The third-order valence-electron chi connectivity index (χ3n) is 3.27. The van der Waals surface area contributed by atoms with Crippen molar-refractivity contribution >= 4 is 37.1 Å². The number of hydrogen-bond acceptors (Lipinski definition) is 4. The van der Waals surface area contributed by atoms with E-state index >= 15 is 0 Å². The van der Waals surface area contributed by atoms with Crippen LogP contribution in [0.3, 0.4) is 0 Å². The molecule has 0 spiro atoms. The summed E-state index contributed by atoms with van der Waals surface area (Å²) in [5.41, 5.74) is 1.01. The third kappa shape index (κ3) is 1.41. The molecule has 0 aromatic carbocycles. The minimum Gasteiger partial charge on any atom is -0.234 e. The van der Waals surface area contributed by atoms with E-state index in [1.54, 1.807) is 0 Å². The minimum atomic E-state index is -2.92. The second-order valence-electron chi connectivity index (χ2n) is 4.11. The topological polar surface area (TPSA) is 47.0 Å². The van der Waals surface area contributed by atoms with Gasteiger partial charge in [-0.05, 0) is 28.8 Å². The number of fused-ring (bicyclic) bond motifs is 4. The van der Waals surface area contributed by atoms with Crippen LogP contribution in [0.4, 0.5) is 0 Å². The summed E-state index contributed by atoms with van der Waals surface area (Å²) in [4.78, 5) is 5.35. The molecule has 0 N–H and O–H groups in total. The Bertz CT molecular complexity index is 508. The number of thiazole rings is 1. The Morgan fingerprint density at radius 2 is 2.20 bits per heavy atom. The van der Waals surface area contributed by atoms with Crippen LogP contribution in [0.5, 0.6) is 0 Å². The van der Waals surface area contributed by atoms with E-state index in [0.717, 1.165) is 33.8 Å². The van der Waals surface area contributed by atoms with Gasteiger partial charge in [0.25, 0.3) is 0 Å². The lowest BCUT2D eigenvalue weighted by atomic mass is 10.0. The first-order valence-corrected chi connectivity index (χ1v) is 8.19. The summed E-state index contributed by atoms with van der Waals surface area (Å²) >= 11 is 4.83. The molecular weight excluding hydrogens is 298 g/mol. The van der Waals surface area contributed by atoms with E-state index in [0.29, 0.717) is 6.42 Å². The molecule has 3 nitrogen and oxygen atoms in total. The van der Waals surface area contributed by atoms with Crippen LogP contribution in [-0.2, 0) is 16.3 Å². The van der Waals surface area contributed by atoms with Gasteiger partial charge in [0.1, 0.15) is 0 Å². The van der Waals surface area contributed by atoms with E-state index in [4.69, 9.17) is 0 Å². The van der Waals surface area contributed by atoms with Crippen molar-refractivity contribution in [2.75, 3.05) is 0 Å². The number of rotatable bonds is 0. The fraction of sp³-hybridized carbons (Fsp3) is 0.667. The predicted molar refractivity (Wildman–Crippen MR) is 62.8 cm³/mol. The molecule has 2 atom stereocenters. The van der Waals surface area contributed by atoms with Crippen LogP contribution < -0.4 is 0 Å². The summed E-state index contributed by atoms with van der Waals surface area (Å²) in [5, 5.41) is -0.429. The summed E-state index contributed by atoms with van der Waals surface area (Å²) in [6.45, 7) is 0. The zero-order valence-corrected chi connectivity index (χ0v) is 11.2. The van der Waals surface area contributed by atoms with Crippen LogP contribution in [0, 0.1) is 0 Å². The van der Waals surface area contributed by atoms with Gasteiger partial charge < -0.3 is 0 Å². The highest BCUT2D eigenvalue weighted by molar-refractivity contribution is 9.11. The first kappa shape index (κ1) is 10.2. The van der Waals surface area contributed by atoms with E-state index in [1.807, 2.05) is 0 Å². The molecule has 1 fully saturated rings. The number of hydrogen-bond donors (Lipinski definition) is 0. The summed E-state index contributed by atoms with van der Waals surface area (Å²) in [5.74, 6) is 0. The summed E-state index contributed by atoms with van der Waals surface area (Å²) in [6, 6.07) is 0. The highest BCUT2D eigenvalue weighted by Crippen LogP contribution is 2.47. The van der Waals surface area contributed by atoms with E-state index in [2.05, 4.69) is 20.9 Å². The van der Waals surface area contributed by atoms with Crippen LogP contribution in [0.2, 0.25) is 0 Å². The molecule has 0 saturated carbocycles. The molecule has 3 rings (SSSR count). The van der Waals surface area contributed by atoms with Gasteiger partial charge in [-0.1, -0.05) is 6.42 Å². The molecule has 0 radical (unpaired) electrons. The number of halogens is 1. The van der Waals surface area contributed by atoms with Crippen molar-refractivity contribution in [3.8, 4) is 0 Å². The van der Waals surface area contributed by atoms with Crippen molar-refractivity contribution in [2.24, 2.45) is 0 Å². The van der Waals surface area contributed by atoms with Crippen molar-refractivity contribution in [2.45, 2.75) is 36.2 Å². The van der Waals surface area contributed by atoms with Crippen molar-refractivity contribution in [1.82, 2.24) is 4.98 Å². The maximum Gasteiger partial charge on any atom is 0.161 e. The maximum atomic E-state index is 12.1. The number of aromatic nitrogens is 1. The van der Waals surface area contributed by atoms with Crippen LogP contribution >= 0.6 is 27.3 Å². The molecule has 0 aliphatic carbocycles. The smallest absolute Gasteiger partial charge is 0.161 e. The molecule has 82 valence electrons. The fourth-order valence-corrected chi connectivity index (χ4v) is 6.93. The Kier molecular flexibility index (Phi) is 2.23. The van der Waals surface area contributed by atoms with Gasteiger partial charge in [-0.3, -0.25) is 0 Å². The Morgan fingerprint density at radius 3 is 3.00 bits per heavy atom. The van der Waals surface area contributed by atoms with E-state index < -0.39 is 9.84 Å². The van der Waals surface area contributed by atoms with Crippen molar-refractivity contribution in [3.05, 3.63) is 14.5 Å². The third-order valence-corrected chi connectivity index (χ3v) is 7.68. The SMILES string of the molecule is O=S1(=O)C2CCCC1c1sc(Br)nc1C2. The quantitative estimate of drug-likeness (QED) is 0.740. The molecule has 1 aromatic heterocycles. The first-order valence-electron chi connectivity index (χ1n) is 4.97. The number of nitrogens with zero attached hydrogens (tertiary/aromatic N) is 1. The fourth-order valence-electron chi connectivity index (χ4n) is 2.54. The maximum absolute atomic E-state index is 12.1. The molecule has 6 heteroatoms. The Labute approximate surface area is 101 Å². The first-order chi connectivity index (χ1) is 7.09. The van der Waals surface area contributed by atoms with Crippen LogP contribution in [0.25, 0.3) is 0 Å². The lowest BCUT2D eigenvalue weighted by Crippen LogP contribution is -2.37. The monoisotopic (exact) mass is 307 g/mol. The lowest BCUT2D eigenvalue weighted by molar-refractivity contribution is 0.493.